The Morgan fingerprint density at radius 2 is 0.460 bits per heavy atom. The van der Waals surface area contributed by atoms with Crippen molar-refractivity contribution in [1.82, 2.24) is 0 Å². The Morgan fingerprint density at radius 1 is 0.276 bits per heavy atom. The van der Waals surface area contributed by atoms with Crippen LogP contribution in [-0.4, -0.2) is 96.7 Å². The van der Waals surface area contributed by atoms with E-state index in [1.165, 1.54) is 173 Å². The van der Waals surface area contributed by atoms with Gasteiger partial charge in [0.15, 0.2) is 12.2 Å². The molecule has 0 rings (SSSR count). The lowest BCUT2D eigenvalue weighted by molar-refractivity contribution is -0.161. The standard InChI is InChI=1S/C68H132O17P2/c1-5-9-13-17-21-25-26-27-28-29-30-31-32-33-34-35-36-37-39-43-47-51-55-68(73)85-64(59-79-66(71)53-49-45-42-38-22-18-14-10-6-2)61-83-87(76,77)81-57-62(69)56-80-86(74,75)82-60-63(84-67(72)54-50-46-41-24-20-16-12-8-4)58-78-65(70)52-48-44-40-23-19-15-11-7-3/h62-64,69H,5-61H2,1-4H3,(H,74,75)(H,76,77)/t62-,63+,64+/m0/s1. The summed E-state index contributed by atoms with van der Waals surface area (Å²) < 4.78 is 67.9. The van der Waals surface area contributed by atoms with Crippen LogP contribution in [0.3, 0.4) is 0 Å². The average Bonchev–Trinajstić information content (AvgIpc) is 3.49. The number of carbonyl (C=O) groups excluding carboxylic acids is 4. The predicted octanol–water partition coefficient (Wildman–Crippen LogP) is 19.5. The zero-order valence-corrected chi connectivity index (χ0v) is 57.8. The topological polar surface area (TPSA) is 237 Å². The Hall–Kier alpha value is -1.94. The molecule has 0 aliphatic rings. The van der Waals surface area contributed by atoms with Gasteiger partial charge in [0.25, 0.3) is 0 Å². The van der Waals surface area contributed by atoms with Crippen LogP contribution in [0.2, 0.25) is 0 Å². The summed E-state index contributed by atoms with van der Waals surface area (Å²) in [7, 11) is -9.88. The van der Waals surface area contributed by atoms with Crippen LogP contribution in [0.5, 0.6) is 0 Å². The zero-order valence-electron chi connectivity index (χ0n) is 56.0. The highest BCUT2D eigenvalue weighted by Gasteiger charge is 2.30. The number of hydrogen-bond acceptors (Lipinski definition) is 15. The van der Waals surface area contributed by atoms with E-state index in [1.54, 1.807) is 0 Å². The molecule has 0 radical (unpaired) electrons. The van der Waals surface area contributed by atoms with Crippen molar-refractivity contribution in [1.29, 1.82) is 0 Å². The summed E-state index contributed by atoms with van der Waals surface area (Å²) in [4.78, 5) is 72.1. The molecule has 0 aromatic heterocycles. The molecule has 3 N–H and O–H groups in total. The van der Waals surface area contributed by atoms with Gasteiger partial charge in [-0.3, -0.25) is 37.3 Å². The van der Waals surface area contributed by atoms with Gasteiger partial charge >= 0.3 is 39.5 Å². The molecule has 17 nitrogen and oxygen atoms in total. The summed E-state index contributed by atoms with van der Waals surface area (Å²) >= 11 is 0. The van der Waals surface area contributed by atoms with Crippen molar-refractivity contribution < 1.29 is 80.2 Å². The van der Waals surface area contributed by atoms with Gasteiger partial charge in [-0.15, -0.1) is 0 Å². The molecular formula is C68H132O17P2. The van der Waals surface area contributed by atoms with E-state index in [4.69, 9.17) is 37.0 Å². The summed E-state index contributed by atoms with van der Waals surface area (Å²) in [5.41, 5.74) is 0. The van der Waals surface area contributed by atoms with Crippen LogP contribution in [0.4, 0.5) is 0 Å². The smallest absolute Gasteiger partial charge is 0.462 e. The molecule has 0 aromatic carbocycles. The van der Waals surface area contributed by atoms with Gasteiger partial charge in [0.2, 0.25) is 0 Å². The van der Waals surface area contributed by atoms with Gasteiger partial charge in [-0.05, 0) is 25.7 Å². The summed E-state index contributed by atoms with van der Waals surface area (Å²) in [6, 6.07) is 0. The molecule has 87 heavy (non-hydrogen) atoms. The molecule has 0 aliphatic carbocycles. The fourth-order valence-corrected chi connectivity index (χ4v) is 11.9. The van der Waals surface area contributed by atoms with E-state index in [0.29, 0.717) is 25.7 Å². The van der Waals surface area contributed by atoms with E-state index in [1.807, 2.05) is 0 Å². The highest BCUT2D eigenvalue weighted by Crippen LogP contribution is 2.45. The Labute approximate surface area is 530 Å². The molecule has 0 fully saturated rings. The number of aliphatic hydroxyl groups is 1. The fourth-order valence-electron chi connectivity index (χ4n) is 10.3. The second-order valence-corrected chi connectivity index (χ2v) is 27.5. The van der Waals surface area contributed by atoms with Crippen LogP contribution in [0.25, 0.3) is 0 Å². The van der Waals surface area contributed by atoms with Crippen molar-refractivity contribution in [2.75, 3.05) is 39.6 Å². The largest absolute Gasteiger partial charge is 0.472 e. The summed E-state index contributed by atoms with van der Waals surface area (Å²) in [5.74, 6) is -2.13. The Morgan fingerprint density at radius 3 is 0.678 bits per heavy atom. The third-order valence-electron chi connectivity index (χ3n) is 15.9. The van der Waals surface area contributed by atoms with Crippen LogP contribution < -0.4 is 0 Å². The van der Waals surface area contributed by atoms with Crippen molar-refractivity contribution in [3.8, 4) is 0 Å². The fraction of sp³-hybridized carbons (Fsp3) is 0.941. The molecule has 5 atom stereocenters. The molecule has 0 aromatic rings. The van der Waals surface area contributed by atoms with Crippen LogP contribution >= 0.6 is 15.6 Å². The molecule has 0 bridgehead atoms. The van der Waals surface area contributed by atoms with Crippen LogP contribution in [0.1, 0.15) is 355 Å². The van der Waals surface area contributed by atoms with E-state index in [0.717, 1.165) is 103 Å². The molecule has 0 heterocycles. The van der Waals surface area contributed by atoms with E-state index >= 15 is 0 Å². The van der Waals surface area contributed by atoms with Crippen molar-refractivity contribution >= 4 is 39.5 Å². The number of carbonyl (C=O) groups is 4. The van der Waals surface area contributed by atoms with Crippen LogP contribution in [-0.2, 0) is 65.4 Å². The summed E-state index contributed by atoms with van der Waals surface area (Å²) in [6.07, 6.45) is 50.3. The van der Waals surface area contributed by atoms with Crippen LogP contribution in [0, 0.1) is 0 Å². The van der Waals surface area contributed by atoms with Gasteiger partial charge in [-0.1, -0.05) is 304 Å². The Balaban J connectivity index is 5.05. The van der Waals surface area contributed by atoms with Crippen molar-refractivity contribution in [2.24, 2.45) is 0 Å². The van der Waals surface area contributed by atoms with E-state index in [-0.39, 0.29) is 25.7 Å². The van der Waals surface area contributed by atoms with Crippen LogP contribution in [0.15, 0.2) is 0 Å². The second-order valence-electron chi connectivity index (χ2n) is 24.6. The number of aliphatic hydroxyl groups excluding tert-OH is 1. The van der Waals surface area contributed by atoms with Gasteiger partial charge in [0.05, 0.1) is 26.4 Å². The molecule has 19 heteroatoms. The number of unbranched alkanes of at least 4 members (excludes halogenated alkanes) is 43. The molecular weight excluding hydrogens is 1150 g/mol. The summed E-state index contributed by atoms with van der Waals surface area (Å²) in [6.45, 7) is 4.85. The third kappa shape index (κ3) is 62.6. The van der Waals surface area contributed by atoms with Crippen molar-refractivity contribution in [3.63, 3.8) is 0 Å². The van der Waals surface area contributed by atoms with Crippen molar-refractivity contribution in [2.45, 2.75) is 373 Å². The number of esters is 4. The number of hydrogen-bond donors (Lipinski definition) is 3. The average molecular weight is 1280 g/mol. The lowest BCUT2D eigenvalue weighted by Crippen LogP contribution is -2.30. The minimum Gasteiger partial charge on any atom is -0.462 e. The van der Waals surface area contributed by atoms with E-state index in [9.17, 15) is 43.2 Å². The normalized spacial score (nSPS) is 14.1. The van der Waals surface area contributed by atoms with Gasteiger partial charge in [0, 0.05) is 25.7 Å². The number of ether oxygens (including phenoxy) is 4. The molecule has 0 aliphatic heterocycles. The first-order chi connectivity index (χ1) is 42.2. The molecule has 0 saturated carbocycles. The maximum absolute atomic E-state index is 13.0. The lowest BCUT2D eigenvalue weighted by Gasteiger charge is -2.21. The number of phosphoric acid groups is 2. The second kappa shape index (κ2) is 62.8. The highest BCUT2D eigenvalue weighted by atomic mass is 31.2. The first-order valence-corrected chi connectivity index (χ1v) is 38.8. The molecule has 0 amide bonds. The monoisotopic (exact) mass is 1280 g/mol. The van der Waals surface area contributed by atoms with Gasteiger partial charge in [-0.25, -0.2) is 9.13 Å². The van der Waals surface area contributed by atoms with Gasteiger partial charge in [-0.2, -0.15) is 0 Å². The maximum atomic E-state index is 13.0. The Bertz CT molecular complexity index is 1670. The van der Waals surface area contributed by atoms with Gasteiger partial charge < -0.3 is 33.8 Å². The lowest BCUT2D eigenvalue weighted by atomic mass is 10.0. The molecule has 2 unspecified atom stereocenters. The maximum Gasteiger partial charge on any atom is 0.472 e. The minimum atomic E-state index is -4.94. The number of phosphoric ester groups is 2. The molecule has 0 spiro atoms. The van der Waals surface area contributed by atoms with Gasteiger partial charge in [0.1, 0.15) is 19.3 Å². The summed E-state index contributed by atoms with van der Waals surface area (Å²) in [5, 5.41) is 10.5. The first kappa shape index (κ1) is 85.1. The molecule has 0 saturated heterocycles. The Kier molecular flexibility index (Phi) is 61.4. The third-order valence-corrected chi connectivity index (χ3v) is 17.8. The highest BCUT2D eigenvalue weighted by molar-refractivity contribution is 7.47. The molecule has 516 valence electrons. The zero-order chi connectivity index (χ0) is 64.0. The first-order valence-electron chi connectivity index (χ1n) is 35.8. The quantitative estimate of drug-likeness (QED) is 0.0222. The predicted molar refractivity (Wildman–Crippen MR) is 349 cm³/mol. The van der Waals surface area contributed by atoms with Crippen molar-refractivity contribution in [3.05, 3.63) is 0 Å². The minimum absolute atomic E-state index is 0.105. The van der Waals surface area contributed by atoms with E-state index < -0.39 is 97.5 Å². The number of rotatable bonds is 69. The SMILES string of the molecule is CCCCCCCCCCCCCCCCCCCCCCCCC(=O)O[C@H](COC(=O)CCCCCCCCCCC)COP(=O)(O)OC[C@@H](O)COP(=O)(O)OC[C@@H](COC(=O)CCCCCCCCCC)OC(=O)CCCCCCCCCC. The van der Waals surface area contributed by atoms with E-state index in [2.05, 4.69) is 27.7 Å².